The van der Waals surface area contributed by atoms with Crippen molar-refractivity contribution in [3.05, 3.63) is 60.0 Å². The summed E-state index contributed by atoms with van der Waals surface area (Å²) < 4.78 is 7.26. The van der Waals surface area contributed by atoms with Gasteiger partial charge >= 0.3 is 0 Å². The minimum absolute atomic E-state index is 0.465. The number of nitrogens with one attached hydrogen (secondary N) is 2. The molecule has 7 nitrogen and oxygen atoms in total. The van der Waals surface area contributed by atoms with Crippen LogP contribution in [0.25, 0.3) is 5.65 Å². The normalized spacial score (nSPS) is 12.7. The van der Waals surface area contributed by atoms with Crippen LogP contribution in [0, 0.1) is 0 Å². The second kappa shape index (κ2) is 10.5. The number of rotatable bonds is 9. The Kier molecular flexibility index (Phi) is 7.44. The molecule has 1 unspecified atom stereocenters. The lowest BCUT2D eigenvalue weighted by molar-refractivity contribution is 0.414. The Morgan fingerprint density at radius 3 is 2.66 bits per heavy atom. The maximum absolute atomic E-state index is 5.22. The van der Waals surface area contributed by atoms with Crippen molar-refractivity contribution in [2.75, 3.05) is 27.2 Å². The summed E-state index contributed by atoms with van der Waals surface area (Å²) in [5.41, 5.74) is 2.20. The number of hydrogen-bond acceptors (Lipinski definition) is 4. The van der Waals surface area contributed by atoms with Gasteiger partial charge in [0.1, 0.15) is 11.6 Å². The quantitative estimate of drug-likeness (QED) is 0.331. The Labute approximate surface area is 172 Å². The summed E-state index contributed by atoms with van der Waals surface area (Å²) in [6, 6.07) is 14.2. The van der Waals surface area contributed by atoms with E-state index in [9.17, 15) is 0 Å². The van der Waals surface area contributed by atoms with Crippen molar-refractivity contribution in [3.63, 3.8) is 0 Å². The number of guanidine groups is 1. The maximum atomic E-state index is 5.22. The average molecular weight is 395 g/mol. The zero-order valence-corrected chi connectivity index (χ0v) is 17.4. The van der Waals surface area contributed by atoms with Crippen LogP contribution < -0.4 is 15.4 Å². The summed E-state index contributed by atoms with van der Waals surface area (Å²) in [6.07, 6.45) is 4.85. The molecular weight excluding hydrogens is 364 g/mol. The molecule has 0 aliphatic rings. The highest BCUT2D eigenvalue weighted by Gasteiger charge is 2.07. The summed E-state index contributed by atoms with van der Waals surface area (Å²) >= 11 is 0. The van der Waals surface area contributed by atoms with Crippen LogP contribution in [-0.4, -0.2) is 47.8 Å². The van der Waals surface area contributed by atoms with Crippen LogP contribution in [0.2, 0.25) is 0 Å². The molecule has 3 aromatic rings. The highest BCUT2D eigenvalue weighted by atomic mass is 16.5. The molecule has 0 aliphatic carbocycles. The molecule has 1 aromatic carbocycles. The Balaban J connectivity index is 1.37. The number of ether oxygens (including phenoxy) is 1. The summed E-state index contributed by atoms with van der Waals surface area (Å²) in [6.45, 7) is 3.93. The van der Waals surface area contributed by atoms with Gasteiger partial charge in [0.2, 0.25) is 0 Å². The lowest BCUT2D eigenvalue weighted by atomic mass is 9.98. The number of aryl methyl sites for hydroxylation is 1. The second-order valence-corrected chi connectivity index (χ2v) is 7.04. The highest BCUT2D eigenvalue weighted by Crippen LogP contribution is 2.21. The van der Waals surface area contributed by atoms with Gasteiger partial charge in [0.25, 0.3) is 0 Å². The molecule has 2 N–H and O–H groups in total. The zero-order valence-electron chi connectivity index (χ0n) is 17.4. The molecular formula is C22H30N6O. The first-order chi connectivity index (χ1) is 14.2. The van der Waals surface area contributed by atoms with E-state index in [2.05, 4.69) is 44.9 Å². The van der Waals surface area contributed by atoms with Gasteiger partial charge in [-0.25, -0.2) is 0 Å². The highest BCUT2D eigenvalue weighted by molar-refractivity contribution is 5.79. The Morgan fingerprint density at radius 2 is 1.90 bits per heavy atom. The number of nitrogens with zero attached hydrogens (tertiary/aromatic N) is 4. The predicted octanol–water partition coefficient (Wildman–Crippen LogP) is 3.03. The molecule has 7 heteroatoms. The van der Waals surface area contributed by atoms with Gasteiger partial charge < -0.3 is 15.4 Å². The Hall–Kier alpha value is -3.09. The van der Waals surface area contributed by atoms with Crippen molar-refractivity contribution in [3.8, 4) is 5.75 Å². The first-order valence-electron chi connectivity index (χ1n) is 10.1. The predicted molar refractivity (Wildman–Crippen MR) is 117 cm³/mol. The molecule has 2 heterocycles. The molecule has 0 radical (unpaired) electrons. The lowest BCUT2D eigenvalue weighted by Crippen LogP contribution is -2.38. The summed E-state index contributed by atoms with van der Waals surface area (Å²) in [5, 5.41) is 15.2. The van der Waals surface area contributed by atoms with Crippen LogP contribution in [0.1, 0.15) is 37.1 Å². The molecule has 0 amide bonds. The summed E-state index contributed by atoms with van der Waals surface area (Å²) in [5.74, 6) is 3.17. The van der Waals surface area contributed by atoms with Gasteiger partial charge in [-0.2, -0.15) is 0 Å². The fourth-order valence-electron chi connectivity index (χ4n) is 3.24. The third-order valence-corrected chi connectivity index (χ3v) is 5.03. The molecule has 0 aliphatic heterocycles. The minimum atomic E-state index is 0.465. The molecule has 0 saturated heterocycles. The first kappa shape index (κ1) is 20.6. The fourth-order valence-corrected chi connectivity index (χ4v) is 3.24. The molecule has 0 fully saturated rings. The van der Waals surface area contributed by atoms with E-state index in [-0.39, 0.29) is 0 Å². The maximum Gasteiger partial charge on any atom is 0.190 e. The smallest absolute Gasteiger partial charge is 0.190 e. The number of pyridine rings is 1. The van der Waals surface area contributed by atoms with Crippen molar-refractivity contribution >= 4 is 11.6 Å². The van der Waals surface area contributed by atoms with Gasteiger partial charge in [0.05, 0.1) is 7.11 Å². The van der Waals surface area contributed by atoms with Crippen LogP contribution >= 0.6 is 0 Å². The SMILES string of the molecule is CN=C(NCCCc1nnc2ccccn12)NCCC(C)c1ccc(OC)cc1. The van der Waals surface area contributed by atoms with Crippen LogP contribution in [0.15, 0.2) is 53.7 Å². The molecule has 29 heavy (non-hydrogen) atoms. The van der Waals surface area contributed by atoms with Gasteiger partial charge in [-0.3, -0.25) is 9.39 Å². The van der Waals surface area contributed by atoms with Crippen molar-refractivity contribution < 1.29 is 4.74 Å². The van der Waals surface area contributed by atoms with E-state index in [0.717, 1.165) is 55.5 Å². The van der Waals surface area contributed by atoms with Gasteiger partial charge in [-0.05, 0) is 48.6 Å². The summed E-state index contributed by atoms with van der Waals surface area (Å²) in [7, 11) is 3.49. The fraction of sp³-hybridized carbons (Fsp3) is 0.409. The van der Waals surface area contributed by atoms with Crippen LogP contribution in [0.3, 0.4) is 0 Å². The van der Waals surface area contributed by atoms with Crippen LogP contribution in [0.5, 0.6) is 5.75 Å². The van der Waals surface area contributed by atoms with Crippen LogP contribution in [0.4, 0.5) is 0 Å². The molecule has 154 valence electrons. The molecule has 0 bridgehead atoms. The zero-order chi connectivity index (χ0) is 20.5. The monoisotopic (exact) mass is 394 g/mol. The molecule has 0 spiro atoms. The molecule has 2 aromatic heterocycles. The van der Waals surface area contributed by atoms with Gasteiger partial charge in [-0.1, -0.05) is 25.1 Å². The van der Waals surface area contributed by atoms with E-state index < -0.39 is 0 Å². The summed E-state index contributed by atoms with van der Waals surface area (Å²) in [4.78, 5) is 4.31. The van der Waals surface area contributed by atoms with E-state index in [1.165, 1.54) is 5.56 Å². The third-order valence-electron chi connectivity index (χ3n) is 5.03. The number of methoxy groups -OCH3 is 1. The van der Waals surface area contributed by atoms with Crippen molar-refractivity contribution in [1.82, 2.24) is 25.2 Å². The second-order valence-electron chi connectivity index (χ2n) is 7.04. The standard InChI is InChI=1S/C22H30N6O/c1-17(18-9-11-19(29-3)12-10-18)13-15-25-22(23-2)24-14-6-8-21-27-26-20-7-4-5-16-28(20)21/h4-5,7,9-12,16-17H,6,8,13-15H2,1-3H3,(H2,23,24,25). The molecule has 0 saturated carbocycles. The average Bonchev–Trinajstić information content (AvgIpc) is 3.18. The number of aliphatic imine (C=N–C) groups is 1. The Morgan fingerprint density at radius 1 is 1.10 bits per heavy atom. The molecule has 3 rings (SSSR count). The number of benzene rings is 1. The van der Waals surface area contributed by atoms with Crippen LogP contribution in [-0.2, 0) is 6.42 Å². The lowest BCUT2D eigenvalue weighted by Gasteiger charge is -2.15. The van der Waals surface area contributed by atoms with Gasteiger partial charge in [0.15, 0.2) is 11.6 Å². The largest absolute Gasteiger partial charge is 0.497 e. The number of aromatic nitrogens is 3. The van der Waals surface area contributed by atoms with Crippen molar-refractivity contribution in [2.24, 2.45) is 4.99 Å². The van der Waals surface area contributed by atoms with E-state index >= 15 is 0 Å². The van der Waals surface area contributed by atoms with Gasteiger partial charge in [0, 0.05) is 32.8 Å². The van der Waals surface area contributed by atoms with Crippen molar-refractivity contribution in [1.29, 1.82) is 0 Å². The number of hydrogen-bond donors (Lipinski definition) is 2. The minimum Gasteiger partial charge on any atom is -0.497 e. The Bertz CT molecular complexity index is 918. The topological polar surface area (TPSA) is 75.8 Å². The first-order valence-corrected chi connectivity index (χ1v) is 10.1. The van der Waals surface area contributed by atoms with E-state index in [1.807, 2.05) is 40.9 Å². The van der Waals surface area contributed by atoms with E-state index in [4.69, 9.17) is 4.74 Å². The van der Waals surface area contributed by atoms with E-state index in [1.54, 1.807) is 14.2 Å². The van der Waals surface area contributed by atoms with Crippen molar-refractivity contribution in [2.45, 2.75) is 32.1 Å². The van der Waals surface area contributed by atoms with E-state index in [0.29, 0.717) is 5.92 Å². The molecule has 1 atom stereocenters. The number of fused-ring (bicyclic) bond motifs is 1. The van der Waals surface area contributed by atoms with Gasteiger partial charge in [-0.15, -0.1) is 10.2 Å². The third kappa shape index (κ3) is 5.70.